The van der Waals surface area contributed by atoms with E-state index in [-0.39, 0.29) is 5.82 Å². The van der Waals surface area contributed by atoms with Crippen LogP contribution in [-0.4, -0.2) is 30.1 Å². The van der Waals surface area contributed by atoms with E-state index in [1.165, 1.54) is 6.07 Å². The van der Waals surface area contributed by atoms with Crippen LogP contribution >= 0.6 is 15.9 Å². The second kappa shape index (κ2) is 6.13. The molecule has 100 valence electrons. The maximum Gasteiger partial charge on any atom is 0.127 e. The summed E-state index contributed by atoms with van der Waals surface area (Å²) in [5.41, 5.74) is 0.775. The highest BCUT2D eigenvalue weighted by molar-refractivity contribution is 9.10. The molecule has 1 aromatic rings. The molecule has 2 atom stereocenters. The van der Waals surface area contributed by atoms with Crippen molar-refractivity contribution in [1.29, 1.82) is 0 Å². The normalized spacial score (nSPS) is 25.3. The molecule has 0 amide bonds. The van der Waals surface area contributed by atoms with E-state index in [9.17, 15) is 4.39 Å². The van der Waals surface area contributed by atoms with E-state index in [4.69, 9.17) is 0 Å². The molecule has 1 fully saturated rings. The van der Waals surface area contributed by atoms with Crippen molar-refractivity contribution in [2.45, 2.75) is 38.9 Å². The molecule has 1 aliphatic heterocycles. The summed E-state index contributed by atoms with van der Waals surface area (Å²) in [5, 5.41) is 3.48. The van der Waals surface area contributed by atoms with Gasteiger partial charge in [-0.3, -0.25) is 4.90 Å². The van der Waals surface area contributed by atoms with Crippen molar-refractivity contribution in [1.82, 2.24) is 10.2 Å². The van der Waals surface area contributed by atoms with Crippen LogP contribution in [0.5, 0.6) is 0 Å². The van der Waals surface area contributed by atoms with Crippen LogP contribution in [0.15, 0.2) is 22.7 Å². The predicted molar refractivity (Wildman–Crippen MR) is 76.1 cm³/mol. The summed E-state index contributed by atoms with van der Waals surface area (Å²) in [7, 11) is 0. The Morgan fingerprint density at radius 1 is 1.50 bits per heavy atom. The SMILES string of the molecule is CCC1CNC(C)CN1Cc1cc(Br)ccc1F. The fourth-order valence-corrected chi connectivity index (χ4v) is 2.92. The van der Waals surface area contributed by atoms with Crippen LogP contribution in [-0.2, 0) is 6.54 Å². The van der Waals surface area contributed by atoms with Crippen molar-refractivity contribution >= 4 is 15.9 Å². The molecular formula is C14H20BrFN2. The Morgan fingerprint density at radius 3 is 3.00 bits per heavy atom. The van der Waals surface area contributed by atoms with Crippen LogP contribution < -0.4 is 5.32 Å². The molecule has 0 spiro atoms. The Morgan fingerprint density at radius 2 is 2.28 bits per heavy atom. The quantitative estimate of drug-likeness (QED) is 0.922. The third-order valence-electron chi connectivity index (χ3n) is 3.58. The number of rotatable bonds is 3. The number of nitrogens with zero attached hydrogens (tertiary/aromatic N) is 1. The summed E-state index contributed by atoms with van der Waals surface area (Å²) in [6.07, 6.45) is 1.09. The van der Waals surface area contributed by atoms with E-state index >= 15 is 0 Å². The van der Waals surface area contributed by atoms with Gasteiger partial charge in [-0.15, -0.1) is 0 Å². The maximum absolute atomic E-state index is 13.8. The summed E-state index contributed by atoms with van der Waals surface area (Å²) in [5.74, 6) is -0.112. The summed E-state index contributed by atoms with van der Waals surface area (Å²) < 4.78 is 14.7. The van der Waals surface area contributed by atoms with Crippen LogP contribution in [0.3, 0.4) is 0 Å². The topological polar surface area (TPSA) is 15.3 Å². The summed E-state index contributed by atoms with van der Waals surface area (Å²) in [4.78, 5) is 2.38. The van der Waals surface area contributed by atoms with E-state index in [2.05, 4.69) is 40.0 Å². The highest BCUT2D eigenvalue weighted by Gasteiger charge is 2.25. The zero-order chi connectivity index (χ0) is 13.1. The Kier molecular flexibility index (Phi) is 4.76. The first-order chi connectivity index (χ1) is 8.60. The molecule has 0 aromatic heterocycles. The second-order valence-corrected chi connectivity index (χ2v) is 5.95. The van der Waals surface area contributed by atoms with Gasteiger partial charge in [0.05, 0.1) is 0 Å². The number of hydrogen-bond donors (Lipinski definition) is 1. The Labute approximate surface area is 117 Å². The van der Waals surface area contributed by atoms with Crippen LogP contribution in [0.2, 0.25) is 0 Å². The van der Waals surface area contributed by atoms with Gasteiger partial charge >= 0.3 is 0 Å². The van der Waals surface area contributed by atoms with Gasteiger partial charge in [0.2, 0.25) is 0 Å². The largest absolute Gasteiger partial charge is 0.311 e. The summed E-state index contributed by atoms with van der Waals surface area (Å²) in [6, 6.07) is 6.14. The number of hydrogen-bond acceptors (Lipinski definition) is 2. The van der Waals surface area contributed by atoms with Gasteiger partial charge < -0.3 is 5.32 Å². The third kappa shape index (κ3) is 3.31. The van der Waals surface area contributed by atoms with Gasteiger partial charge in [0.15, 0.2) is 0 Å². The van der Waals surface area contributed by atoms with Crippen molar-refractivity contribution in [3.05, 3.63) is 34.1 Å². The molecule has 1 N–H and O–H groups in total. The molecule has 0 saturated carbocycles. The lowest BCUT2D eigenvalue weighted by Crippen LogP contribution is -2.54. The smallest absolute Gasteiger partial charge is 0.127 e. The standard InChI is InChI=1S/C14H20BrFN2/c1-3-13-7-17-10(2)8-18(13)9-11-6-12(15)4-5-14(11)16/h4-6,10,13,17H,3,7-9H2,1-2H3. The van der Waals surface area contributed by atoms with Crippen molar-refractivity contribution in [3.63, 3.8) is 0 Å². The maximum atomic E-state index is 13.8. The molecule has 1 aliphatic rings. The van der Waals surface area contributed by atoms with Crippen molar-refractivity contribution in [2.75, 3.05) is 13.1 Å². The Bertz CT molecular complexity index is 411. The van der Waals surface area contributed by atoms with Gasteiger partial charge in [-0.2, -0.15) is 0 Å². The van der Waals surface area contributed by atoms with Crippen molar-refractivity contribution in [3.8, 4) is 0 Å². The fraction of sp³-hybridized carbons (Fsp3) is 0.571. The lowest BCUT2D eigenvalue weighted by molar-refractivity contribution is 0.122. The monoisotopic (exact) mass is 314 g/mol. The van der Waals surface area contributed by atoms with E-state index in [0.717, 1.165) is 29.5 Å². The Balaban J connectivity index is 2.12. The lowest BCUT2D eigenvalue weighted by atomic mass is 10.1. The first-order valence-electron chi connectivity index (χ1n) is 6.51. The minimum Gasteiger partial charge on any atom is -0.311 e. The molecule has 2 nitrogen and oxygen atoms in total. The summed E-state index contributed by atoms with van der Waals surface area (Å²) in [6.45, 7) is 7.02. The number of piperazine rings is 1. The van der Waals surface area contributed by atoms with Crippen LogP contribution in [0, 0.1) is 5.82 Å². The van der Waals surface area contributed by atoms with Gasteiger partial charge in [0.25, 0.3) is 0 Å². The van der Waals surface area contributed by atoms with E-state index in [1.807, 2.05) is 6.07 Å². The minimum atomic E-state index is -0.112. The zero-order valence-corrected chi connectivity index (χ0v) is 12.5. The minimum absolute atomic E-state index is 0.112. The van der Waals surface area contributed by atoms with Crippen LogP contribution in [0.4, 0.5) is 4.39 Å². The van der Waals surface area contributed by atoms with Gasteiger partial charge in [-0.25, -0.2) is 4.39 Å². The molecule has 2 unspecified atom stereocenters. The van der Waals surface area contributed by atoms with E-state index in [1.54, 1.807) is 6.07 Å². The zero-order valence-electron chi connectivity index (χ0n) is 10.9. The third-order valence-corrected chi connectivity index (χ3v) is 4.07. The number of nitrogens with one attached hydrogen (secondary N) is 1. The van der Waals surface area contributed by atoms with E-state index in [0.29, 0.717) is 18.6 Å². The van der Waals surface area contributed by atoms with Gasteiger partial charge in [0, 0.05) is 41.8 Å². The molecule has 0 radical (unpaired) electrons. The second-order valence-electron chi connectivity index (χ2n) is 5.04. The molecule has 18 heavy (non-hydrogen) atoms. The molecule has 1 aromatic carbocycles. The van der Waals surface area contributed by atoms with Gasteiger partial charge in [0.1, 0.15) is 5.82 Å². The van der Waals surface area contributed by atoms with Crippen molar-refractivity contribution in [2.24, 2.45) is 0 Å². The van der Waals surface area contributed by atoms with Crippen LogP contribution in [0.1, 0.15) is 25.8 Å². The molecule has 0 bridgehead atoms. The lowest BCUT2D eigenvalue weighted by Gasteiger charge is -2.39. The number of halogens is 2. The van der Waals surface area contributed by atoms with Crippen LogP contribution in [0.25, 0.3) is 0 Å². The molecule has 2 rings (SSSR count). The summed E-state index contributed by atoms with van der Waals surface area (Å²) >= 11 is 3.41. The average Bonchev–Trinajstić information content (AvgIpc) is 2.34. The van der Waals surface area contributed by atoms with Gasteiger partial charge in [-0.1, -0.05) is 22.9 Å². The molecule has 1 saturated heterocycles. The predicted octanol–water partition coefficient (Wildman–Crippen LogP) is 3.16. The Hall–Kier alpha value is -0.450. The molecule has 4 heteroatoms. The highest BCUT2D eigenvalue weighted by atomic mass is 79.9. The fourth-order valence-electron chi connectivity index (χ4n) is 2.51. The molecular weight excluding hydrogens is 295 g/mol. The first kappa shape index (κ1) is 14.0. The number of benzene rings is 1. The average molecular weight is 315 g/mol. The first-order valence-corrected chi connectivity index (χ1v) is 7.30. The van der Waals surface area contributed by atoms with Gasteiger partial charge in [-0.05, 0) is 31.5 Å². The molecule has 1 heterocycles. The highest BCUT2D eigenvalue weighted by Crippen LogP contribution is 2.20. The van der Waals surface area contributed by atoms with E-state index < -0.39 is 0 Å². The molecule has 0 aliphatic carbocycles. The van der Waals surface area contributed by atoms with Crippen molar-refractivity contribution < 1.29 is 4.39 Å².